The smallest absolute Gasteiger partial charge is 0.278 e. The van der Waals surface area contributed by atoms with Crippen LogP contribution in [0.5, 0.6) is 0 Å². The Balaban J connectivity index is 2.36. The average molecular weight is 223 g/mol. The van der Waals surface area contributed by atoms with Gasteiger partial charge in [0.2, 0.25) is 5.95 Å². The number of H-pyrrole nitrogens is 2. The molecule has 0 aliphatic rings. The van der Waals surface area contributed by atoms with Gasteiger partial charge in [0.15, 0.2) is 11.2 Å². The van der Waals surface area contributed by atoms with Crippen LogP contribution in [0.4, 0.5) is 5.95 Å². The molecule has 1 atom stereocenters. The Kier molecular flexibility index (Phi) is 2.61. The lowest BCUT2D eigenvalue weighted by Crippen LogP contribution is -2.10. The van der Waals surface area contributed by atoms with Crippen LogP contribution < -0.4 is 11.3 Å². The number of nitrogens with two attached hydrogens (primary N) is 1. The van der Waals surface area contributed by atoms with Crippen LogP contribution in [-0.4, -0.2) is 31.1 Å². The molecule has 0 aliphatic carbocycles. The highest BCUT2D eigenvalue weighted by molar-refractivity contribution is 5.70. The van der Waals surface area contributed by atoms with Crippen LogP contribution >= 0.6 is 0 Å². The summed E-state index contributed by atoms with van der Waals surface area (Å²) in [4.78, 5) is 24.7. The fourth-order valence-electron chi connectivity index (χ4n) is 1.44. The summed E-state index contributed by atoms with van der Waals surface area (Å²) < 4.78 is 0. The van der Waals surface area contributed by atoms with Gasteiger partial charge in [-0.05, 0) is 13.3 Å². The van der Waals surface area contributed by atoms with Gasteiger partial charge in [-0.2, -0.15) is 4.98 Å². The molecule has 16 heavy (non-hydrogen) atoms. The third-order valence-corrected chi connectivity index (χ3v) is 2.23. The lowest BCUT2D eigenvalue weighted by atomic mass is 10.2. The van der Waals surface area contributed by atoms with Gasteiger partial charge in [-0.15, -0.1) is 0 Å². The van der Waals surface area contributed by atoms with Gasteiger partial charge in [-0.25, -0.2) is 4.98 Å². The Labute approximate surface area is 90.7 Å². The van der Waals surface area contributed by atoms with Gasteiger partial charge in [0.1, 0.15) is 5.82 Å². The molecule has 2 aromatic rings. The van der Waals surface area contributed by atoms with Crippen molar-refractivity contribution in [3.63, 3.8) is 0 Å². The van der Waals surface area contributed by atoms with Gasteiger partial charge >= 0.3 is 0 Å². The number of nitrogen functional groups attached to an aromatic ring is 1. The molecule has 5 N–H and O–H groups in total. The molecule has 2 heterocycles. The summed E-state index contributed by atoms with van der Waals surface area (Å²) in [7, 11) is 0. The number of aryl methyl sites for hydroxylation is 1. The van der Waals surface area contributed by atoms with Crippen molar-refractivity contribution < 1.29 is 5.11 Å². The Morgan fingerprint density at radius 1 is 1.44 bits per heavy atom. The van der Waals surface area contributed by atoms with Crippen LogP contribution in [0.2, 0.25) is 0 Å². The van der Waals surface area contributed by atoms with E-state index in [9.17, 15) is 4.79 Å². The molecule has 7 heteroatoms. The van der Waals surface area contributed by atoms with E-state index < -0.39 is 6.10 Å². The van der Waals surface area contributed by atoms with Gasteiger partial charge in [-0.1, -0.05) is 0 Å². The van der Waals surface area contributed by atoms with E-state index in [0.29, 0.717) is 29.8 Å². The fraction of sp³-hybridized carbons (Fsp3) is 0.444. The summed E-state index contributed by atoms with van der Waals surface area (Å²) in [6.07, 6.45) is 0.741. The van der Waals surface area contributed by atoms with Gasteiger partial charge < -0.3 is 15.8 Å². The molecular formula is C9H13N5O2. The third kappa shape index (κ3) is 2.03. The number of aliphatic hydroxyl groups excluding tert-OH is 1. The number of aromatic amines is 2. The largest absolute Gasteiger partial charge is 0.393 e. The predicted molar refractivity (Wildman–Crippen MR) is 58.9 cm³/mol. The molecule has 7 nitrogen and oxygen atoms in total. The highest BCUT2D eigenvalue weighted by atomic mass is 16.3. The molecule has 0 saturated heterocycles. The van der Waals surface area contributed by atoms with E-state index in [1.807, 2.05) is 0 Å². The number of hydrogen-bond acceptors (Lipinski definition) is 5. The fourth-order valence-corrected chi connectivity index (χ4v) is 1.44. The number of imidazole rings is 1. The molecule has 2 aromatic heterocycles. The number of rotatable bonds is 3. The zero-order valence-electron chi connectivity index (χ0n) is 8.82. The molecule has 0 aliphatic heterocycles. The average Bonchev–Trinajstić information content (AvgIpc) is 2.57. The van der Waals surface area contributed by atoms with Crippen LogP contribution in [-0.2, 0) is 6.42 Å². The molecular weight excluding hydrogens is 210 g/mol. The Bertz CT molecular complexity index is 557. The highest BCUT2D eigenvalue weighted by Gasteiger charge is 2.09. The van der Waals surface area contributed by atoms with Gasteiger partial charge in [0.05, 0.1) is 6.10 Å². The van der Waals surface area contributed by atoms with Gasteiger partial charge in [-0.3, -0.25) is 9.78 Å². The van der Waals surface area contributed by atoms with Crippen LogP contribution in [0.3, 0.4) is 0 Å². The van der Waals surface area contributed by atoms with Gasteiger partial charge in [0.25, 0.3) is 5.56 Å². The monoisotopic (exact) mass is 223 g/mol. The van der Waals surface area contributed by atoms with E-state index in [4.69, 9.17) is 10.8 Å². The molecule has 86 valence electrons. The molecule has 0 bridgehead atoms. The number of aliphatic hydroxyl groups is 1. The van der Waals surface area contributed by atoms with E-state index >= 15 is 0 Å². The quantitative estimate of drug-likeness (QED) is 0.561. The van der Waals surface area contributed by atoms with E-state index in [-0.39, 0.29) is 11.5 Å². The molecule has 1 unspecified atom stereocenters. The molecule has 0 saturated carbocycles. The van der Waals surface area contributed by atoms with Crippen molar-refractivity contribution in [1.29, 1.82) is 0 Å². The number of anilines is 1. The highest BCUT2D eigenvalue weighted by Crippen LogP contribution is 2.07. The topological polar surface area (TPSA) is 121 Å². The summed E-state index contributed by atoms with van der Waals surface area (Å²) in [5.41, 5.74) is 5.68. The summed E-state index contributed by atoms with van der Waals surface area (Å²) in [6.45, 7) is 1.70. The third-order valence-electron chi connectivity index (χ3n) is 2.23. The van der Waals surface area contributed by atoms with Crippen LogP contribution in [0.25, 0.3) is 11.2 Å². The second kappa shape index (κ2) is 3.93. The minimum absolute atomic E-state index is 0.0473. The maximum atomic E-state index is 11.5. The Morgan fingerprint density at radius 2 is 2.19 bits per heavy atom. The van der Waals surface area contributed by atoms with E-state index in [1.165, 1.54) is 0 Å². The minimum Gasteiger partial charge on any atom is -0.393 e. The first kappa shape index (κ1) is 10.6. The Morgan fingerprint density at radius 3 is 2.88 bits per heavy atom. The second-order valence-electron chi connectivity index (χ2n) is 3.72. The number of fused-ring (bicyclic) bond motifs is 1. The number of aromatic nitrogens is 4. The van der Waals surface area contributed by atoms with Crippen molar-refractivity contribution >= 4 is 17.1 Å². The predicted octanol–water partition coefficient (Wildman–Crippen LogP) is -0.458. The van der Waals surface area contributed by atoms with Gasteiger partial charge in [0, 0.05) is 6.42 Å². The first-order valence-corrected chi connectivity index (χ1v) is 4.98. The van der Waals surface area contributed by atoms with Crippen molar-refractivity contribution in [2.24, 2.45) is 0 Å². The molecule has 0 aromatic carbocycles. The molecule has 2 rings (SSSR count). The molecule has 0 spiro atoms. The van der Waals surface area contributed by atoms with E-state index in [1.54, 1.807) is 6.92 Å². The van der Waals surface area contributed by atoms with Crippen LogP contribution in [0, 0.1) is 0 Å². The zero-order chi connectivity index (χ0) is 11.7. The first-order chi connectivity index (χ1) is 7.56. The molecule has 0 fully saturated rings. The van der Waals surface area contributed by atoms with E-state index in [2.05, 4.69) is 19.9 Å². The molecule has 0 amide bonds. The van der Waals surface area contributed by atoms with Crippen molar-refractivity contribution in [3.8, 4) is 0 Å². The maximum absolute atomic E-state index is 11.5. The van der Waals surface area contributed by atoms with Crippen molar-refractivity contribution in [3.05, 3.63) is 16.2 Å². The minimum atomic E-state index is -0.399. The summed E-state index contributed by atoms with van der Waals surface area (Å²) >= 11 is 0. The number of nitrogens with zero attached hydrogens (tertiary/aromatic N) is 2. The number of hydrogen-bond donors (Lipinski definition) is 4. The van der Waals surface area contributed by atoms with E-state index in [0.717, 1.165) is 0 Å². The lowest BCUT2D eigenvalue weighted by Gasteiger charge is -1.99. The second-order valence-corrected chi connectivity index (χ2v) is 3.72. The van der Waals surface area contributed by atoms with Crippen molar-refractivity contribution in [2.45, 2.75) is 25.9 Å². The normalized spacial score (nSPS) is 13.1. The maximum Gasteiger partial charge on any atom is 0.278 e. The summed E-state index contributed by atoms with van der Waals surface area (Å²) in [6, 6.07) is 0. The first-order valence-electron chi connectivity index (χ1n) is 4.98. The van der Waals surface area contributed by atoms with Crippen molar-refractivity contribution in [2.75, 3.05) is 5.73 Å². The van der Waals surface area contributed by atoms with Crippen molar-refractivity contribution in [1.82, 2.24) is 19.9 Å². The summed E-state index contributed by atoms with van der Waals surface area (Å²) in [5.74, 6) is 0.672. The SMILES string of the molecule is CC(O)CCc1nc2nc(N)[nH]c(=O)c2[nH]1. The standard InChI is InChI=1S/C9H13N5O2/c1-4(15)2-3-5-11-6-7(12-5)13-9(10)14-8(6)16/h4,15H,2-3H2,1H3,(H4,10,11,12,13,14,16). The summed E-state index contributed by atoms with van der Waals surface area (Å²) in [5, 5.41) is 9.14. The van der Waals surface area contributed by atoms with Crippen LogP contribution in [0.1, 0.15) is 19.2 Å². The molecule has 0 radical (unpaired) electrons. The zero-order valence-corrected chi connectivity index (χ0v) is 8.82. The number of nitrogens with one attached hydrogen (secondary N) is 2. The Hall–Kier alpha value is -1.89. The van der Waals surface area contributed by atoms with Crippen LogP contribution in [0.15, 0.2) is 4.79 Å². The lowest BCUT2D eigenvalue weighted by molar-refractivity contribution is 0.184.